The van der Waals surface area contributed by atoms with Crippen LogP contribution >= 0.6 is 11.6 Å². The first-order valence-corrected chi connectivity index (χ1v) is 6.27. The average Bonchev–Trinajstić information content (AvgIpc) is 2.58. The van der Waals surface area contributed by atoms with Crippen molar-refractivity contribution in [1.29, 1.82) is 0 Å². The normalized spacial score (nSPS) is 11.6. The number of nitrogens with one attached hydrogen (secondary N) is 1. The second kappa shape index (κ2) is 4.74. The van der Waals surface area contributed by atoms with Gasteiger partial charge >= 0.3 is 6.09 Å². The van der Waals surface area contributed by atoms with Crippen molar-refractivity contribution < 1.29 is 9.53 Å². The molecule has 2 rings (SSSR count). The second-order valence-corrected chi connectivity index (χ2v) is 5.73. The van der Waals surface area contributed by atoms with Gasteiger partial charge in [0.1, 0.15) is 5.60 Å². The number of aromatic nitrogens is 2. The molecule has 5 nitrogen and oxygen atoms in total. The molecule has 19 heavy (non-hydrogen) atoms. The summed E-state index contributed by atoms with van der Waals surface area (Å²) in [6, 6.07) is 1.77. The lowest BCUT2D eigenvalue weighted by atomic mass is 10.2. The van der Waals surface area contributed by atoms with Crippen molar-refractivity contribution >= 4 is 28.9 Å². The molecular weight excluding hydrogens is 266 g/mol. The van der Waals surface area contributed by atoms with Crippen LogP contribution < -0.4 is 5.32 Å². The topological polar surface area (TPSA) is 55.6 Å². The van der Waals surface area contributed by atoms with E-state index in [4.69, 9.17) is 16.3 Å². The summed E-state index contributed by atoms with van der Waals surface area (Å²) in [4.78, 5) is 11.8. The first-order chi connectivity index (χ1) is 8.76. The highest BCUT2D eigenvalue weighted by Crippen LogP contribution is 2.23. The van der Waals surface area contributed by atoms with Crippen LogP contribution in [0.25, 0.3) is 5.52 Å². The lowest BCUT2D eigenvalue weighted by molar-refractivity contribution is 0.0636. The Morgan fingerprint density at radius 3 is 2.79 bits per heavy atom. The number of carbonyl (C=O) groups is 1. The van der Waals surface area contributed by atoms with E-state index in [0.717, 1.165) is 11.1 Å². The minimum Gasteiger partial charge on any atom is -0.444 e. The molecule has 0 fully saturated rings. The molecule has 0 aliphatic rings. The smallest absolute Gasteiger partial charge is 0.412 e. The number of carbonyl (C=O) groups excluding carboxylic acids is 1. The van der Waals surface area contributed by atoms with E-state index < -0.39 is 11.7 Å². The molecule has 0 saturated heterocycles. The number of ether oxygens (including phenoxy) is 1. The zero-order valence-corrected chi connectivity index (χ0v) is 12.1. The lowest BCUT2D eigenvalue weighted by Gasteiger charge is -2.20. The Morgan fingerprint density at radius 2 is 2.16 bits per heavy atom. The minimum atomic E-state index is -0.531. The third-order valence-corrected chi connectivity index (χ3v) is 2.74. The van der Waals surface area contributed by atoms with Gasteiger partial charge in [0.15, 0.2) is 0 Å². The molecule has 2 aromatic heterocycles. The highest BCUT2D eigenvalue weighted by Gasteiger charge is 2.17. The van der Waals surface area contributed by atoms with Crippen LogP contribution in [0.1, 0.15) is 26.3 Å². The molecule has 0 radical (unpaired) electrons. The number of pyridine rings is 1. The number of anilines is 1. The van der Waals surface area contributed by atoms with E-state index in [-0.39, 0.29) is 0 Å². The van der Waals surface area contributed by atoms with Gasteiger partial charge in [0.05, 0.1) is 22.4 Å². The SMILES string of the molecule is Cc1cn2ncc(Cl)c2cc1NC(=O)OC(C)(C)C. The Hall–Kier alpha value is -1.75. The summed E-state index contributed by atoms with van der Waals surface area (Å²) in [5.41, 5.74) is 1.73. The molecule has 0 bridgehead atoms. The number of rotatable bonds is 1. The van der Waals surface area contributed by atoms with E-state index >= 15 is 0 Å². The van der Waals surface area contributed by atoms with Gasteiger partial charge in [-0.1, -0.05) is 11.6 Å². The molecule has 0 aliphatic heterocycles. The molecule has 1 amide bonds. The number of nitrogens with zero attached hydrogens (tertiary/aromatic N) is 2. The van der Waals surface area contributed by atoms with Crippen molar-refractivity contribution in [3.63, 3.8) is 0 Å². The number of fused-ring (bicyclic) bond motifs is 1. The minimum absolute atomic E-state index is 0.490. The number of hydrogen-bond acceptors (Lipinski definition) is 3. The van der Waals surface area contributed by atoms with Gasteiger partial charge < -0.3 is 4.74 Å². The van der Waals surface area contributed by atoms with Crippen LogP contribution in [0.2, 0.25) is 5.02 Å². The highest BCUT2D eigenvalue weighted by atomic mass is 35.5. The summed E-state index contributed by atoms with van der Waals surface area (Å²) in [7, 11) is 0. The summed E-state index contributed by atoms with van der Waals surface area (Å²) < 4.78 is 6.88. The number of hydrogen-bond donors (Lipinski definition) is 1. The number of halogens is 1. The Morgan fingerprint density at radius 1 is 1.47 bits per heavy atom. The van der Waals surface area contributed by atoms with E-state index in [0.29, 0.717) is 10.7 Å². The fraction of sp³-hybridized carbons (Fsp3) is 0.385. The fourth-order valence-electron chi connectivity index (χ4n) is 1.64. The Balaban J connectivity index is 2.27. The molecule has 0 unspecified atom stereocenters. The molecule has 6 heteroatoms. The summed E-state index contributed by atoms with van der Waals surface area (Å²) in [6.07, 6.45) is 2.87. The standard InChI is InChI=1S/C13H16ClN3O2/c1-8-7-17-11(9(14)6-15-17)5-10(8)16-12(18)19-13(2,3)4/h5-7H,1-4H3,(H,16,18). The predicted octanol–water partition coefficient (Wildman–Crippen LogP) is 3.64. The van der Waals surface area contributed by atoms with Crippen LogP contribution in [0.4, 0.5) is 10.5 Å². The van der Waals surface area contributed by atoms with Gasteiger partial charge in [-0.25, -0.2) is 9.31 Å². The second-order valence-electron chi connectivity index (χ2n) is 5.32. The van der Waals surface area contributed by atoms with Crippen molar-refractivity contribution in [1.82, 2.24) is 9.61 Å². The highest BCUT2D eigenvalue weighted by molar-refractivity contribution is 6.33. The van der Waals surface area contributed by atoms with Gasteiger partial charge in [-0.3, -0.25) is 5.32 Å². The molecule has 0 saturated carbocycles. The predicted molar refractivity (Wildman–Crippen MR) is 74.8 cm³/mol. The maximum atomic E-state index is 11.8. The molecule has 0 aromatic carbocycles. The van der Waals surface area contributed by atoms with E-state index in [1.54, 1.807) is 23.0 Å². The van der Waals surface area contributed by atoms with Crippen molar-refractivity contribution in [2.75, 3.05) is 5.32 Å². The van der Waals surface area contributed by atoms with Gasteiger partial charge in [0, 0.05) is 6.20 Å². The van der Waals surface area contributed by atoms with E-state index in [1.807, 2.05) is 27.7 Å². The Kier molecular flexibility index (Phi) is 3.41. The third-order valence-electron chi connectivity index (χ3n) is 2.44. The van der Waals surface area contributed by atoms with Gasteiger partial charge in [-0.15, -0.1) is 0 Å². The summed E-state index contributed by atoms with van der Waals surface area (Å²) in [6.45, 7) is 7.32. The molecular formula is C13H16ClN3O2. The average molecular weight is 282 g/mol. The first-order valence-electron chi connectivity index (χ1n) is 5.90. The fourth-order valence-corrected chi connectivity index (χ4v) is 1.83. The van der Waals surface area contributed by atoms with Crippen molar-refractivity contribution in [2.24, 2.45) is 0 Å². The van der Waals surface area contributed by atoms with E-state index in [9.17, 15) is 4.79 Å². The van der Waals surface area contributed by atoms with Gasteiger partial charge in [-0.2, -0.15) is 5.10 Å². The summed E-state index contributed by atoms with van der Waals surface area (Å²) in [5.74, 6) is 0. The van der Waals surface area contributed by atoms with Gasteiger partial charge in [0.2, 0.25) is 0 Å². The van der Waals surface area contributed by atoms with Crippen molar-refractivity contribution in [2.45, 2.75) is 33.3 Å². The summed E-state index contributed by atoms with van der Waals surface area (Å²) in [5, 5.41) is 7.35. The molecule has 1 N–H and O–H groups in total. The van der Waals surface area contributed by atoms with Crippen LogP contribution in [0.5, 0.6) is 0 Å². The van der Waals surface area contributed by atoms with E-state index in [1.165, 1.54) is 0 Å². The molecule has 102 valence electrons. The molecule has 0 aliphatic carbocycles. The largest absolute Gasteiger partial charge is 0.444 e. The van der Waals surface area contributed by atoms with E-state index in [2.05, 4.69) is 10.4 Å². The molecule has 2 heterocycles. The lowest BCUT2D eigenvalue weighted by Crippen LogP contribution is -2.27. The van der Waals surface area contributed by atoms with Crippen LogP contribution in [0, 0.1) is 6.92 Å². The molecule has 0 atom stereocenters. The maximum absolute atomic E-state index is 11.8. The van der Waals surface area contributed by atoms with Crippen molar-refractivity contribution in [3.8, 4) is 0 Å². The van der Waals surface area contributed by atoms with Crippen LogP contribution in [0.15, 0.2) is 18.5 Å². The monoisotopic (exact) mass is 281 g/mol. The van der Waals surface area contributed by atoms with Crippen LogP contribution in [-0.2, 0) is 4.74 Å². The number of aryl methyl sites for hydroxylation is 1. The molecule has 2 aromatic rings. The first kappa shape index (κ1) is 13.7. The quantitative estimate of drug-likeness (QED) is 0.868. The summed E-state index contributed by atoms with van der Waals surface area (Å²) >= 11 is 6.01. The van der Waals surface area contributed by atoms with Crippen LogP contribution in [-0.4, -0.2) is 21.3 Å². The molecule has 0 spiro atoms. The van der Waals surface area contributed by atoms with Crippen LogP contribution in [0.3, 0.4) is 0 Å². The number of amides is 1. The Labute approximate surface area is 116 Å². The Bertz CT molecular complexity index is 629. The maximum Gasteiger partial charge on any atom is 0.412 e. The third kappa shape index (κ3) is 3.17. The van der Waals surface area contributed by atoms with Gasteiger partial charge in [-0.05, 0) is 39.3 Å². The van der Waals surface area contributed by atoms with Gasteiger partial charge in [0.25, 0.3) is 0 Å². The zero-order chi connectivity index (χ0) is 14.2. The van der Waals surface area contributed by atoms with Crippen molar-refractivity contribution in [3.05, 3.63) is 29.0 Å². The zero-order valence-electron chi connectivity index (χ0n) is 11.3.